The van der Waals surface area contributed by atoms with Gasteiger partial charge in [-0.15, -0.1) is 0 Å². The molecule has 9 nitrogen and oxygen atoms in total. The number of nitrogens with zero attached hydrogens (tertiary/aromatic N) is 3. The van der Waals surface area contributed by atoms with Gasteiger partial charge in [0.15, 0.2) is 0 Å². The lowest BCUT2D eigenvalue weighted by Crippen LogP contribution is -2.50. The number of amides is 2. The summed E-state index contributed by atoms with van der Waals surface area (Å²) in [5.41, 5.74) is 0. The van der Waals surface area contributed by atoms with Crippen LogP contribution in [-0.4, -0.2) is 110 Å². The van der Waals surface area contributed by atoms with Crippen LogP contribution in [0.25, 0.3) is 0 Å². The molecule has 0 aromatic carbocycles. The number of likely N-dealkylation sites (N-methyl/N-ethyl adjacent to an activating group) is 1. The second-order valence-electron chi connectivity index (χ2n) is 8.17. The van der Waals surface area contributed by atoms with Crippen molar-refractivity contribution in [1.82, 2.24) is 25.3 Å². The minimum Gasteiger partial charge on any atom is -0.481 e. The van der Waals surface area contributed by atoms with E-state index in [9.17, 15) is 14.4 Å². The maximum Gasteiger partial charge on any atom is 0.303 e. The lowest BCUT2D eigenvalue weighted by atomic mass is 10.2. The van der Waals surface area contributed by atoms with Crippen molar-refractivity contribution in [1.29, 1.82) is 0 Å². The van der Waals surface area contributed by atoms with E-state index >= 15 is 0 Å². The summed E-state index contributed by atoms with van der Waals surface area (Å²) < 4.78 is 0. The van der Waals surface area contributed by atoms with E-state index in [1.165, 1.54) is 0 Å². The molecular formula is C20H37N5O4. The Hall–Kier alpha value is -1.71. The first kappa shape index (κ1) is 23.6. The van der Waals surface area contributed by atoms with E-state index in [1.807, 2.05) is 0 Å². The highest BCUT2D eigenvalue weighted by Gasteiger charge is 2.28. The van der Waals surface area contributed by atoms with Gasteiger partial charge in [-0.3, -0.25) is 24.2 Å². The summed E-state index contributed by atoms with van der Waals surface area (Å²) >= 11 is 0. The SMILES string of the molecule is C[15N]1[13CH2][13CH2][15N](CC2CCC[15N]2C[13C](=O)[15NH][13CH2][13CH2][13CH2][13C](=O)NCC[13CH2][13C](=O)O)[13CH2][13CH2]1. The Kier molecular flexibility index (Phi) is 10.4. The molecule has 2 amide bonds. The van der Waals surface area contributed by atoms with Crippen LogP contribution in [0.2, 0.25) is 0 Å². The van der Waals surface area contributed by atoms with Gasteiger partial charge in [0, 0.05) is 64.7 Å². The first-order chi connectivity index (χ1) is 13.9. The topological polar surface area (TPSA) is 105 Å². The first-order valence-electron chi connectivity index (χ1n) is 10.8. The van der Waals surface area contributed by atoms with Gasteiger partial charge in [-0.2, -0.15) is 0 Å². The molecule has 9 heteroatoms. The van der Waals surface area contributed by atoms with Gasteiger partial charge in [-0.1, -0.05) is 0 Å². The zero-order valence-electron chi connectivity index (χ0n) is 17.7. The smallest absolute Gasteiger partial charge is 0.303 e. The number of piperazine rings is 1. The number of likely N-dealkylation sites (tertiary alicyclic amines) is 1. The standard InChI is InChI=1S/C20H37N5O4/c1-23-11-13-24(14-12-23)15-17-5-4-10-25(17)16-19(27)22-8-2-6-18(26)21-9-3-7-20(28)29/h17H,2-16H2,1H3,(H,21,26)(H,22,27)(H,28,29)/i2+1,6+1,7+1,8+1,11+1,12+1,13+1,14+1,18+1,19+1,20+1,22+1,23+1,24+1,25+1. The van der Waals surface area contributed by atoms with Gasteiger partial charge in [0.25, 0.3) is 0 Å². The van der Waals surface area contributed by atoms with E-state index in [0.29, 0.717) is 44.9 Å². The monoisotopic (exact) mass is 426 g/mol. The Labute approximate surface area is 173 Å². The van der Waals surface area contributed by atoms with Crippen LogP contribution >= 0.6 is 0 Å². The molecule has 0 spiro atoms. The van der Waals surface area contributed by atoms with Crippen LogP contribution in [0.15, 0.2) is 0 Å². The third-order valence-corrected chi connectivity index (χ3v) is 5.70. The largest absolute Gasteiger partial charge is 0.481 e. The van der Waals surface area contributed by atoms with Gasteiger partial charge < -0.3 is 20.6 Å². The van der Waals surface area contributed by atoms with Crippen LogP contribution in [0.1, 0.15) is 38.5 Å². The number of hydrogen-bond donors (Lipinski definition) is 3. The third kappa shape index (κ3) is 9.56. The highest BCUT2D eigenvalue weighted by atomic mass is 16.5. The van der Waals surface area contributed by atoms with Gasteiger partial charge in [-0.05, 0) is 39.3 Å². The molecule has 2 saturated heterocycles. The zero-order chi connectivity index (χ0) is 21.1. The number of nitrogens with one attached hydrogen (secondary N) is 2. The number of hydrogen-bond acceptors (Lipinski definition) is 6. The van der Waals surface area contributed by atoms with E-state index < -0.39 is 5.97 Å². The van der Waals surface area contributed by atoms with Crippen molar-refractivity contribution >= 4 is 17.8 Å². The number of rotatable bonds is 12. The van der Waals surface area contributed by atoms with Gasteiger partial charge in [0.05, 0.1) is 6.54 Å². The van der Waals surface area contributed by atoms with Crippen molar-refractivity contribution in [2.24, 2.45) is 0 Å². The predicted molar refractivity (Wildman–Crippen MR) is 111 cm³/mol. The van der Waals surface area contributed by atoms with E-state index in [0.717, 1.165) is 52.1 Å². The number of carboxylic acid groups (broad SMARTS) is 1. The summed E-state index contributed by atoms with van der Waals surface area (Å²) in [5.74, 6) is -0.931. The van der Waals surface area contributed by atoms with Crippen LogP contribution in [0.4, 0.5) is 0 Å². The van der Waals surface area contributed by atoms with E-state index in [4.69, 9.17) is 5.11 Å². The fourth-order valence-corrected chi connectivity index (χ4v) is 3.91. The predicted octanol–water partition coefficient (Wildman–Crippen LogP) is -0.424. The first-order valence-corrected chi connectivity index (χ1v) is 10.8. The summed E-state index contributed by atoms with van der Waals surface area (Å²) in [5, 5.41) is 14.2. The molecule has 2 aliphatic heterocycles. The highest BCUT2D eigenvalue weighted by molar-refractivity contribution is 5.78. The second kappa shape index (κ2) is 12.8. The molecule has 0 saturated carbocycles. The Morgan fingerprint density at radius 3 is 2.28 bits per heavy atom. The molecule has 2 rings (SSSR count). The summed E-state index contributed by atoms with van der Waals surface area (Å²) in [4.78, 5) is 41.5. The fourth-order valence-electron chi connectivity index (χ4n) is 3.91. The maximum absolute atomic E-state index is 12.3. The molecule has 29 heavy (non-hydrogen) atoms. The number of carbonyl (C=O) groups is 3. The van der Waals surface area contributed by atoms with Crippen LogP contribution in [0, 0.1) is 0 Å². The van der Waals surface area contributed by atoms with Crippen LogP contribution in [0.5, 0.6) is 0 Å². The highest BCUT2D eigenvalue weighted by Crippen LogP contribution is 2.18. The maximum atomic E-state index is 12.3. The van der Waals surface area contributed by atoms with Gasteiger partial charge in [-0.25, -0.2) is 0 Å². The summed E-state index contributed by atoms with van der Waals surface area (Å²) in [7, 11) is 2.16. The Balaban J connectivity index is 1.55. The van der Waals surface area contributed by atoms with Crippen molar-refractivity contribution < 1.29 is 19.5 Å². The molecule has 166 valence electrons. The number of carboxylic acids is 1. The fraction of sp³-hybridized carbons (Fsp3) is 0.850. The molecule has 2 heterocycles. The van der Waals surface area contributed by atoms with Crippen LogP contribution in [-0.2, 0) is 14.4 Å². The average molecular weight is 426 g/mol. The Morgan fingerprint density at radius 1 is 0.931 bits per heavy atom. The lowest BCUT2D eigenvalue weighted by Gasteiger charge is -2.36. The minimum atomic E-state index is -0.856. The molecule has 3 N–H and O–H groups in total. The van der Waals surface area contributed by atoms with Crippen molar-refractivity contribution in [3.8, 4) is 0 Å². The molecule has 2 aliphatic rings. The molecule has 0 bridgehead atoms. The van der Waals surface area contributed by atoms with Gasteiger partial charge in [0.1, 0.15) is 0 Å². The Morgan fingerprint density at radius 2 is 1.59 bits per heavy atom. The Bertz CT molecular complexity index is 537. The van der Waals surface area contributed by atoms with Crippen LogP contribution in [0.3, 0.4) is 0 Å². The van der Waals surface area contributed by atoms with Crippen LogP contribution < -0.4 is 10.6 Å². The van der Waals surface area contributed by atoms with Crippen molar-refractivity contribution in [2.75, 3.05) is 66.0 Å². The summed E-state index contributed by atoms with van der Waals surface area (Å²) in [6, 6.07) is 0.459. The third-order valence-electron chi connectivity index (χ3n) is 5.70. The quantitative estimate of drug-likeness (QED) is 0.221. The normalized spacial score (nSPS) is 21.2. The van der Waals surface area contributed by atoms with E-state index in [1.54, 1.807) is 0 Å². The average Bonchev–Trinajstić information content (AvgIpc) is 3.10. The molecule has 0 aromatic rings. The molecule has 1 atom stereocenters. The lowest BCUT2D eigenvalue weighted by molar-refractivity contribution is -0.137. The summed E-state index contributed by atoms with van der Waals surface area (Å²) in [6.45, 7) is 7.74. The molecule has 1 unspecified atom stereocenters. The van der Waals surface area contributed by atoms with E-state index in [2.05, 4.69) is 32.4 Å². The minimum absolute atomic E-state index is 0.0251. The van der Waals surface area contributed by atoms with E-state index in [-0.39, 0.29) is 18.2 Å². The van der Waals surface area contributed by atoms with Gasteiger partial charge >= 0.3 is 5.97 Å². The van der Waals surface area contributed by atoms with Crippen molar-refractivity contribution in [2.45, 2.75) is 44.6 Å². The molecule has 0 aliphatic carbocycles. The molecule has 2 fully saturated rings. The number of carbonyl (C=O) groups excluding carboxylic acids is 2. The molecular weight excluding hydrogens is 389 g/mol. The number of aliphatic carboxylic acids is 1. The van der Waals surface area contributed by atoms with Crippen molar-refractivity contribution in [3.05, 3.63) is 0 Å². The van der Waals surface area contributed by atoms with Crippen molar-refractivity contribution in [3.63, 3.8) is 0 Å². The zero-order valence-corrected chi connectivity index (χ0v) is 17.7. The molecule has 0 aromatic heterocycles. The second-order valence-corrected chi connectivity index (χ2v) is 8.17. The van der Waals surface area contributed by atoms with Gasteiger partial charge in [0.2, 0.25) is 11.8 Å². The molecule has 0 radical (unpaired) electrons. The summed E-state index contributed by atoms with van der Waals surface area (Å²) in [6.07, 6.45) is 3.71.